The van der Waals surface area contributed by atoms with Gasteiger partial charge in [-0.1, -0.05) is 6.58 Å². The van der Waals surface area contributed by atoms with E-state index in [9.17, 15) is 0 Å². The minimum absolute atomic E-state index is 0.0772. The maximum absolute atomic E-state index is 5.97. The molecule has 1 aliphatic rings. The minimum atomic E-state index is -0.330. The lowest BCUT2D eigenvalue weighted by Gasteiger charge is -2.37. The second kappa shape index (κ2) is 2.38. The molecule has 0 bridgehead atoms. The van der Waals surface area contributed by atoms with E-state index in [1.54, 1.807) is 6.08 Å². The van der Waals surface area contributed by atoms with Crippen molar-refractivity contribution >= 4 is 23.2 Å². The normalized spacial score (nSPS) is 40.9. The molecule has 0 aliphatic heterocycles. The Morgan fingerprint density at radius 1 is 1.78 bits per heavy atom. The van der Waals surface area contributed by atoms with Crippen LogP contribution in [-0.4, -0.2) is 10.3 Å². The zero-order valence-electron chi connectivity index (χ0n) is 5.03. The summed E-state index contributed by atoms with van der Waals surface area (Å²) in [6, 6.07) is 0. The number of halogens is 2. The quantitative estimate of drug-likeness (QED) is 0.411. The molecule has 0 amide bonds. The molecular formula is C7H8Cl2. The third kappa shape index (κ3) is 1.16. The van der Waals surface area contributed by atoms with Gasteiger partial charge >= 0.3 is 0 Å². The van der Waals surface area contributed by atoms with Crippen molar-refractivity contribution in [2.24, 2.45) is 0 Å². The summed E-state index contributed by atoms with van der Waals surface area (Å²) in [6.45, 7) is 3.44. The summed E-state index contributed by atoms with van der Waals surface area (Å²) in [5.41, 5.74) is 2.65. The van der Waals surface area contributed by atoms with Crippen LogP contribution in [0.15, 0.2) is 18.4 Å². The molecule has 2 unspecified atom stereocenters. The summed E-state index contributed by atoms with van der Waals surface area (Å²) in [6.07, 6.45) is 3.70. The predicted molar refractivity (Wildman–Crippen MR) is 41.2 cm³/mol. The van der Waals surface area contributed by atoms with Crippen molar-refractivity contribution in [3.63, 3.8) is 0 Å². The smallest absolute Gasteiger partial charge is 0.0862 e. The van der Waals surface area contributed by atoms with Crippen LogP contribution in [0.1, 0.15) is 12.8 Å². The van der Waals surface area contributed by atoms with Gasteiger partial charge in [0.25, 0.3) is 0 Å². The van der Waals surface area contributed by atoms with Crippen LogP contribution in [0.2, 0.25) is 0 Å². The maximum Gasteiger partial charge on any atom is 0.0862 e. The van der Waals surface area contributed by atoms with Gasteiger partial charge in [0.15, 0.2) is 0 Å². The second-order valence-electron chi connectivity index (χ2n) is 2.28. The van der Waals surface area contributed by atoms with Crippen molar-refractivity contribution < 1.29 is 0 Å². The van der Waals surface area contributed by atoms with Crippen molar-refractivity contribution in [1.29, 1.82) is 0 Å². The molecule has 0 saturated heterocycles. The zero-order valence-corrected chi connectivity index (χ0v) is 6.54. The molecule has 0 aromatic rings. The molecule has 0 aromatic carbocycles. The van der Waals surface area contributed by atoms with Gasteiger partial charge in [0.1, 0.15) is 0 Å². The Kier molecular flexibility index (Phi) is 1.91. The Morgan fingerprint density at radius 2 is 2.44 bits per heavy atom. The van der Waals surface area contributed by atoms with Crippen LogP contribution in [0.5, 0.6) is 0 Å². The summed E-state index contributed by atoms with van der Waals surface area (Å²) in [5.74, 6) is 0. The highest BCUT2D eigenvalue weighted by Crippen LogP contribution is 2.43. The second-order valence-corrected chi connectivity index (χ2v) is 3.51. The monoisotopic (exact) mass is 162 g/mol. The van der Waals surface area contributed by atoms with Crippen LogP contribution in [0.25, 0.3) is 0 Å². The first kappa shape index (κ1) is 7.21. The lowest BCUT2D eigenvalue weighted by molar-refractivity contribution is 0.432. The van der Waals surface area contributed by atoms with Gasteiger partial charge in [0.05, 0.1) is 10.3 Å². The van der Waals surface area contributed by atoms with Gasteiger partial charge in [0.2, 0.25) is 0 Å². The van der Waals surface area contributed by atoms with Crippen molar-refractivity contribution in [3.05, 3.63) is 18.4 Å². The number of hydrogen-bond donors (Lipinski definition) is 0. The van der Waals surface area contributed by atoms with Gasteiger partial charge in [-0.2, -0.15) is 0 Å². The van der Waals surface area contributed by atoms with E-state index in [2.05, 4.69) is 12.3 Å². The maximum atomic E-state index is 5.97. The Hall–Kier alpha value is 0.100. The molecule has 0 nitrogen and oxygen atoms in total. The van der Waals surface area contributed by atoms with E-state index in [0.717, 1.165) is 12.8 Å². The van der Waals surface area contributed by atoms with E-state index in [1.165, 1.54) is 0 Å². The summed E-state index contributed by atoms with van der Waals surface area (Å²) in [7, 11) is 0. The number of allylic oxidation sites excluding steroid dienone is 1. The summed E-state index contributed by atoms with van der Waals surface area (Å²) >= 11 is 11.8. The minimum Gasteiger partial charge on any atom is -0.131 e. The van der Waals surface area contributed by atoms with Gasteiger partial charge < -0.3 is 0 Å². The molecule has 1 saturated carbocycles. The third-order valence-corrected chi connectivity index (χ3v) is 2.92. The lowest BCUT2D eigenvalue weighted by atomic mass is 9.84. The Bertz CT molecular complexity index is 158. The first-order valence-corrected chi connectivity index (χ1v) is 3.70. The Morgan fingerprint density at radius 3 is 2.56 bits per heavy atom. The fraction of sp³-hybridized carbons (Fsp3) is 0.571. The molecule has 0 spiro atoms. The number of hydrogen-bond acceptors (Lipinski definition) is 0. The van der Waals surface area contributed by atoms with E-state index < -0.39 is 0 Å². The highest BCUT2D eigenvalue weighted by atomic mass is 35.5. The van der Waals surface area contributed by atoms with Crippen molar-refractivity contribution in [2.75, 3.05) is 0 Å². The highest BCUT2D eigenvalue weighted by molar-refractivity contribution is 6.34. The third-order valence-electron chi connectivity index (χ3n) is 1.64. The average molecular weight is 163 g/mol. The fourth-order valence-corrected chi connectivity index (χ4v) is 1.44. The highest BCUT2D eigenvalue weighted by Gasteiger charge is 2.41. The van der Waals surface area contributed by atoms with E-state index in [0.29, 0.717) is 0 Å². The topological polar surface area (TPSA) is 0 Å². The van der Waals surface area contributed by atoms with Gasteiger partial charge in [-0.05, 0) is 18.9 Å². The Balaban J connectivity index is 2.63. The van der Waals surface area contributed by atoms with Gasteiger partial charge in [0, 0.05) is 0 Å². The van der Waals surface area contributed by atoms with Crippen molar-refractivity contribution in [2.45, 2.75) is 23.1 Å². The Labute approximate surface area is 65.2 Å². The largest absolute Gasteiger partial charge is 0.131 e. The average Bonchev–Trinajstić information content (AvgIpc) is 1.86. The molecule has 9 heavy (non-hydrogen) atoms. The van der Waals surface area contributed by atoms with Crippen LogP contribution in [0.3, 0.4) is 0 Å². The molecule has 0 heterocycles. The molecule has 0 aromatic heterocycles. The van der Waals surface area contributed by atoms with Gasteiger partial charge in [-0.3, -0.25) is 0 Å². The SMILES string of the molecule is C=C=CC1(Cl)CCC1Cl. The zero-order chi connectivity index (χ0) is 6.91. The first-order valence-electron chi connectivity index (χ1n) is 2.89. The molecule has 1 fully saturated rings. The molecule has 2 atom stereocenters. The van der Waals surface area contributed by atoms with Crippen LogP contribution in [0.4, 0.5) is 0 Å². The van der Waals surface area contributed by atoms with Crippen LogP contribution < -0.4 is 0 Å². The molecular weight excluding hydrogens is 155 g/mol. The predicted octanol–water partition coefficient (Wildman–Crippen LogP) is 2.71. The summed E-state index contributed by atoms with van der Waals surface area (Å²) in [4.78, 5) is -0.330. The van der Waals surface area contributed by atoms with Crippen LogP contribution in [-0.2, 0) is 0 Å². The van der Waals surface area contributed by atoms with E-state index in [-0.39, 0.29) is 10.3 Å². The van der Waals surface area contributed by atoms with Crippen molar-refractivity contribution in [3.8, 4) is 0 Å². The molecule has 2 heteroatoms. The van der Waals surface area contributed by atoms with Crippen molar-refractivity contribution in [1.82, 2.24) is 0 Å². The molecule has 1 rings (SSSR count). The van der Waals surface area contributed by atoms with E-state index in [4.69, 9.17) is 23.2 Å². The molecule has 0 radical (unpaired) electrons. The fourth-order valence-electron chi connectivity index (χ4n) is 0.861. The first-order chi connectivity index (χ1) is 4.19. The molecule has 1 aliphatic carbocycles. The lowest BCUT2D eigenvalue weighted by Crippen LogP contribution is -2.40. The number of alkyl halides is 2. The molecule has 0 N–H and O–H groups in total. The molecule has 50 valence electrons. The standard InChI is InChI=1S/C7H8Cl2/c1-2-4-7(9)5-3-6(7)8/h4,6H,1,3,5H2. The van der Waals surface area contributed by atoms with E-state index in [1.807, 2.05) is 0 Å². The number of rotatable bonds is 1. The summed E-state index contributed by atoms with van der Waals surface area (Å²) < 4.78 is 0. The van der Waals surface area contributed by atoms with Crippen LogP contribution in [0, 0.1) is 0 Å². The van der Waals surface area contributed by atoms with E-state index >= 15 is 0 Å². The summed E-state index contributed by atoms with van der Waals surface area (Å²) in [5, 5.41) is 0.0772. The van der Waals surface area contributed by atoms with Gasteiger partial charge in [-0.15, -0.1) is 28.9 Å². The van der Waals surface area contributed by atoms with Crippen LogP contribution >= 0.6 is 23.2 Å². The van der Waals surface area contributed by atoms with Gasteiger partial charge in [-0.25, -0.2) is 0 Å².